The molecule has 0 bridgehead atoms. The molecule has 0 saturated heterocycles. The first-order valence-corrected chi connectivity index (χ1v) is 22.8. The predicted molar refractivity (Wildman–Crippen MR) is 280 cm³/mol. The van der Waals surface area contributed by atoms with Crippen LogP contribution in [0.3, 0.4) is 0 Å². The molecule has 0 spiro atoms. The molecular formula is C64H40N2O. The fourth-order valence-corrected chi connectivity index (χ4v) is 10.1. The van der Waals surface area contributed by atoms with Crippen molar-refractivity contribution in [1.82, 2.24) is 9.97 Å². The molecule has 312 valence electrons. The van der Waals surface area contributed by atoms with Crippen molar-refractivity contribution >= 4 is 54.1 Å². The number of rotatable bonds is 7. The largest absolute Gasteiger partial charge is 0.456 e. The fraction of sp³-hybridized carbons (Fsp3) is 0. The highest BCUT2D eigenvalue weighted by atomic mass is 16.3. The quantitative estimate of drug-likeness (QED) is 0.118. The van der Waals surface area contributed by atoms with Crippen LogP contribution in [-0.2, 0) is 0 Å². The van der Waals surface area contributed by atoms with Gasteiger partial charge in [0.05, 0.1) is 11.4 Å². The van der Waals surface area contributed by atoms with E-state index in [0.717, 1.165) is 61.3 Å². The molecule has 3 heteroatoms. The summed E-state index contributed by atoms with van der Waals surface area (Å²) in [5, 5.41) is 10.9. The Balaban J connectivity index is 0.921. The van der Waals surface area contributed by atoms with Gasteiger partial charge < -0.3 is 4.42 Å². The number of para-hydroxylation sites is 1. The van der Waals surface area contributed by atoms with E-state index in [1.807, 2.05) is 36.4 Å². The molecule has 0 N–H and O–H groups in total. The average molecular weight is 853 g/mol. The van der Waals surface area contributed by atoms with Gasteiger partial charge in [0.2, 0.25) is 0 Å². The van der Waals surface area contributed by atoms with E-state index in [2.05, 4.69) is 206 Å². The summed E-state index contributed by atoms with van der Waals surface area (Å²) in [6, 6.07) is 86.5. The minimum absolute atomic E-state index is 0.683. The van der Waals surface area contributed by atoms with Gasteiger partial charge in [0.1, 0.15) is 11.3 Å². The van der Waals surface area contributed by atoms with Crippen molar-refractivity contribution in [3.8, 4) is 78.6 Å². The van der Waals surface area contributed by atoms with Crippen LogP contribution in [0.25, 0.3) is 133 Å². The van der Waals surface area contributed by atoms with Crippen molar-refractivity contribution in [2.24, 2.45) is 0 Å². The fourth-order valence-electron chi connectivity index (χ4n) is 10.1. The topological polar surface area (TPSA) is 38.9 Å². The third-order valence-corrected chi connectivity index (χ3v) is 13.3. The number of benzene rings is 11. The molecular weight excluding hydrogens is 813 g/mol. The molecule has 0 amide bonds. The van der Waals surface area contributed by atoms with Gasteiger partial charge in [-0.05, 0) is 94.7 Å². The first-order chi connectivity index (χ1) is 33.2. The highest BCUT2D eigenvalue weighted by molar-refractivity contribution is 6.28. The van der Waals surface area contributed by atoms with Crippen LogP contribution in [0.15, 0.2) is 247 Å². The summed E-state index contributed by atoms with van der Waals surface area (Å²) in [5.41, 5.74) is 13.9. The lowest BCUT2D eigenvalue weighted by atomic mass is 9.83. The van der Waals surface area contributed by atoms with E-state index in [0.29, 0.717) is 5.82 Å². The highest BCUT2D eigenvalue weighted by Gasteiger charge is 2.20. The summed E-state index contributed by atoms with van der Waals surface area (Å²) >= 11 is 0. The van der Waals surface area contributed by atoms with Crippen LogP contribution in [0.4, 0.5) is 0 Å². The summed E-state index contributed by atoms with van der Waals surface area (Å²) in [5.74, 6) is 1.53. The van der Waals surface area contributed by atoms with E-state index < -0.39 is 0 Å². The second kappa shape index (κ2) is 16.0. The zero-order valence-corrected chi connectivity index (χ0v) is 36.4. The monoisotopic (exact) mass is 852 g/mol. The Kier molecular flexibility index (Phi) is 9.17. The Morgan fingerprint density at radius 3 is 1.54 bits per heavy atom. The van der Waals surface area contributed by atoms with Gasteiger partial charge in [0.15, 0.2) is 5.82 Å². The maximum Gasteiger partial charge on any atom is 0.160 e. The van der Waals surface area contributed by atoms with E-state index in [1.54, 1.807) is 0 Å². The summed E-state index contributed by atoms with van der Waals surface area (Å²) in [6.45, 7) is 0. The maximum absolute atomic E-state index is 6.20. The van der Waals surface area contributed by atoms with Gasteiger partial charge in [-0.2, -0.15) is 0 Å². The molecule has 13 rings (SSSR count). The molecule has 2 aromatic heterocycles. The Hall–Kier alpha value is -8.92. The summed E-state index contributed by atoms with van der Waals surface area (Å²) < 4.78 is 6.20. The molecule has 13 aromatic rings. The molecule has 0 aliphatic carbocycles. The molecule has 11 aromatic carbocycles. The molecule has 0 fully saturated rings. The van der Waals surface area contributed by atoms with Crippen LogP contribution in [0.5, 0.6) is 0 Å². The van der Waals surface area contributed by atoms with Crippen LogP contribution in [-0.4, -0.2) is 9.97 Å². The second-order valence-electron chi connectivity index (χ2n) is 17.2. The van der Waals surface area contributed by atoms with Gasteiger partial charge >= 0.3 is 0 Å². The summed E-state index contributed by atoms with van der Waals surface area (Å²) in [7, 11) is 0. The zero-order valence-electron chi connectivity index (χ0n) is 36.4. The molecule has 0 radical (unpaired) electrons. The van der Waals surface area contributed by atoms with Crippen molar-refractivity contribution in [3.05, 3.63) is 243 Å². The maximum atomic E-state index is 6.20. The zero-order chi connectivity index (χ0) is 44.3. The number of furan rings is 1. The smallest absolute Gasteiger partial charge is 0.160 e. The molecule has 0 unspecified atom stereocenters. The normalized spacial score (nSPS) is 11.6. The lowest BCUT2D eigenvalue weighted by Crippen LogP contribution is -1.97. The Morgan fingerprint density at radius 2 is 0.806 bits per heavy atom. The van der Waals surface area contributed by atoms with Gasteiger partial charge in [-0.3, -0.25) is 0 Å². The van der Waals surface area contributed by atoms with Crippen molar-refractivity contribution in [3.63, 3.8) is 0 Å². The van der Waals surface area contributed by atoms with Crippen molar-refractivity contribution in [2.45, 2.75) is 0 Å². The lowest BCUT2D eigenvalue weighted by molar-refractivity contribution is 0.631. The SMILES string of the molecule is c1ccc(-c2nc(-c3ccc(-c4cc5ccccc5o4)cc3)cc(-c3ccc(-c4ccc(-c5c6ccccc6c(-c6ccccc6)c6c5ccc5ccccc56)cc4)c4ccccc34)n2)cc1. The summed E-state index contributed by atoms with van der Waals surface area (Å²) in [6.07, 6.45) is 0. The Labute approximate surface area is 387 Å². The standard InChI is InChI=1S/C64H40N2O/c1-3-16-45(17-4-1)62-55-25-13-12-24-54(55)61(56-36-35-41-15-7-9-21-50(41)63(56)62)46-33-27-42(28-34-46)49-37-38-53(52-23-11-10-22-51(49)52)58-40-57(65-64(66-58)47-18-5-2-6-19-47)43-29-31-44(32-30-43)60-39-48-20-8-14-26-59(48)67-60/h1-40H. The number of aromatic nitrogens is 2. The Bertz CT molecular complexity index is 3970. The lowest BCUT2D eigenvalue weighted by Gasteiger charge is -2.19. The van der Waals surface area contributed by atoms with Gasteiger partial charge in [-0.1, -0.05) is 224 Å². The third-order valence-electron chi connectivity index (χ3n) is 13.3. The number of fused-ring (bicyclic) bond motifs is 6. The van der Waals surface area contributed by atoms with Crippen LogP contribution in [0.2, 0.25) is 0 Å². The molecule has 67 heavy (non-hydrogen) atoms. The first kappa shape index (κ1) is 38.5. The van der Waals surface area contributed by atoms with Gasteiger partial charge in [-0.25, -0.2) is 9.97 Å². The van der Waals surface area contributed by atoms with Crippen molar-refractivity contribution in [2.75, 3.05) is 0 Å². The molecule has 0 saturated carbocycles. The van der Waals surface area contributed by atoms with Crippen LogP contribution in [0, 0.1) is 0 Å². The van der Waals surface area contributed by atoms with Gasteiger partial charge in [0, 0.05) is 27.6 Å². The van der Waals surface area contributed by atoms with Crippen molar-refractivity contribution < 1.29 is 4.42 Å². The number of nitrogens with zero attached hydrogens (tertiary/aromatic N) is 2. The second-order valence-corrected chi connectivity index (χ2v) is 17.2. The average Bonchev–Trinajstić information content (AvgIpc) is 3.85. The predicted octanol–water partition coefficient (Wildman–Crippen LogP) is 17.5. The highest BCUT2D eigenvalue weighted by Crippen LogP contribution is 2.47. The van der Waals surface area contributed by atoms with Gasteiger partial charge in [0.25, 0.3) is 0 Å². The van der Waals surface area contributed by atoms with Crippen LogP contribution < -0.4 is 0 Å². The number of hydrogen-bond donors (Lipinski definition) is 0. The molecule has 2 heterocycles. The first-order valence-electron chi connectivity index (χ1n) is 22.8. The third kappa shape index (κ3) is 6.67. The van der Waals surface area contributed by atoms with Crippen molar-refractivity contribution in [1.29, 1.82) is 0 Å². The van der Waals surface area contributed by atoms with E-state index in [9.17, 15) is 0 Å². The number of hydrogen-bond acceptors (Lipinski definition) is 3. The molecule has 0 atom stereocenters. The van der Waals surface area contributed by atoms with E-state index >= 15 is 0 Å². The summed E-state index contributed by atoms with van der Waals surface area (Å²) in [4.78, 5) is 10.4. The van der Waals surface area contributed by atoms with Gasteiger partial charge in [-0.15, -0.1) is 0 Å². The Morgan fingerprint density at radius 1 is 0.284 bits per heavy atom. The minimum atomic E-state index is 0.683. The minimum Gasteiger partial charge on any atom is -0.456 e. The molecule has 3 nitrogen and oxygen atoms in total. The van der Waals surface area contributed by atoms with E-state index in [-0.39, 0.29) is 0 Å². The molecule has 0 aliphatic rings. The van der Waals surface area contributed by atoms with E-state index in [1.165, 1.54) is 65.5 Å². The van der Waals surface area contributed by atoms with Crippen LogP contribution in [0.1, 0.15) is 0 Å². The van der Waals surface area contributed by atoms with E-state index in [4.69, 9.17) is 14.4 Å². The van der Waals surface area contributed by atoms with Crippen LogP contribution >= 0.6 is 0 Å². The molecule has 0 aliphatic heterocycles.